The second-order valence-electron chi connectivity index (χ2n) is 4.11. The molecule has 2 N–H and O–H groups in total. The molecular weight excluding hydrogens is 247 g/mol. The van der Waals surface area contributed by atoms with Crippen molar-refractivity contribution in [3.8, 4) is 0 Å². The van der Waals surface area contributed by atoms with E-state index in [0.29, 0.717) is 5.69 Å². The summed E-state index contributed by atoms with van der Waals surface area (Å²) in [7, 11) is 0. The van der Waals surface area contributed by atoms with Crippen LogP contribution in [0.4, 0.5) is 10.1 Å². The minimum absolute atomic E-state index is 0.0606. The van der Waals surface area contributed by atoms with Crippen molar-refractivity contribution in [1.29, 1.82) is 0 Å². The van der Waals surface area contributed by atoms with Crippen molar-refractivity contribution in [3.63, 3.8) is 0 Å². The van der Waals surface area contributed by atoms with Crippen LogP contribution in [0.2, 0.25) is 0 Å². The zero-order valence-corrected chi connectivity index (χ0v) is 10.3. The Labute approximate surface area is 109 Å². The Balaban J connectivity index is 2.13. The summed E-state index contributed by atoms with van der Waals surface area (Å²) in [5.41, 5.74) is 1.22. The van der Waals surface area contributed by atoms with Crippen LogP contribution >= 0.6 is 0 Å². The molecule has 1 unspecified atom stereocenters. The fourth-order valence-corrected chi connectivity index (χ4v) is 1.60. The molecule has 0 aliphatic rings. The second kappa shape index (κ2) is 5.58. The molecule has 0 aliphatic heterocycles. The summed E-state index contributed by atoms with van der Waals surface area (Å²) in [5, 5.41) is 11.9. The Morgan fingerprint density at radius 2 is 2.00 bits per heavy atom. The lowest BCUT2D eigenvalue weighted by Crippen LogP contribution is -2.13. The summed E-state index contributed by atoms with van der Waals surface area (Å²) in [6.45, 7) is 1.65. The average Bonchev–Trinajstić information content (AvgIpc) is 2.39. The second-order valence-corrected chi connectivity index (χ2v) is 4.11. The van der Waals surface area contributed by atoms with Crippen molar-refractivity contribution >= 4 is 11.6 Å². The molecule has 5 heteroatoms. The first-order valence-electron chi connectivity index (χ1n) is 5.77. The van der Waals surface area contributed by atoms with E-state index in [-0.39, 0.29) is 5.56 Å². The van der Waals surface area contributed by atoms with Crippen LogP contribution in [-0.4, -0.2) is 16.0 Å². The maximum atomic E-state index is 13.4. The van der Waals surface area contributed by atoms with Crippen LogP contribution in [0.5, 0.6) is 0 Å². The number of carbonyl (C=O) groups is 1. The number of aromatic nitrogens is 1. The van der Waals surface area contributed by atoms with E-state index in [4.69, 9.17) is 0 Å². The summed E-state index contributed by atoms with van der Waals surface area (Å²) in [6, 6.07) is 8.01. The van der Waals surface area contributed by atoms with Gasteiger partial charge in [-0.25, -0.2) is 4.39 Å². The van der Waals surface area contributed by atoms with Gasteiger partial charge in [0.2, 0.25) is 0 Å². The Morgan fingerprint density at radius 1 is 1.32 bits per heavy atom. The number of nitrogens with zero attached hydrogens (tertiary/aromatic N) is 1. The fraction of sp³-hybridized carbons (Fsp3) is 0.143. The first kappa shape index (κ1) is 13.2. The molecule has 98 valence electrons. The molecule has 0 spiro atoms. The predicted molar refractivity (Wildman–Crippen MR) is 69.2 cm³/mol. The monoisotopic (exact) mass is 260 g/mol. The van der Waals surface area contributed by atoms with Gasteiger partial charge in [0.25, 0.3) is 5.91 Å². The molecule has 1 heterocycles. The number of anilines is 1. The lowest BCUT2D eigenvalue weighted by molar-refractivity contribution is 0.102. The third kappa shape index (κ3) is 3.14. The van der Waals surface area contributed by atoms with E-state index in [1.807, 2.05) is 0 Å². The topological polar surface area (TPSA) is 62.2 Å². The standard InChI is InChI=1S/C14H13FN2O2/c1-9(18)10-2-4-11(5-3-10)17-14(19)12-6-7-16-8-13(12)15/h2-9,18H,1H3,(H,17,19). The summed E-state index contributed by atoms with van der Waals surface area (Å²) in [5.74, 6) is -1.20. The Bertz CT molecular complexity index is 582. The predicted octanol–water partition coefficient (Wildman–Crippen LogP) is 2.53. The van der Waals surface area contributed by atoms with Crippen LogP contribution in [0.1, 0.15) is 28.9 Å². The van der Waals surface area contributed by atoms with Gasteiger partial charge in [0.05, 0.1) is 17.9 Å². The maximum absolute atomic E-state index is 13.4. The molecule has 2 aromatic rings. The Morgan fingerprint density at radius 3 is 2.58 bits per heavy atom. The third-order valence-electron chi connectivity index (χ3n) is 2.67. The molecule has 4 nitrogen and oxygen atoms in total. The number of aliphatic hydroxyl groups excluding tert-OH is 1. The number of rotatable bonds is 3. The molecule has 1 amide bonds. The van der Waals surface area contributed by atoms with Gasteiger partial charge in [-0.2, -0.15) is 0 Å². The highest BCUT2D eigenvalue weighted by Gasteiger charge is 2.11. The molecule has 0 saturated heterocycles. The van der Waals surface area contributed by atoms with Crippen LogP contribution in [0.25, 0.3) is 0 Å². The van der Waals surface area contributed by atoms with E-state index in [1.165, 1.54) is 12.3 Å². The molecule has 0 aliphatic carbocycles. The Kier molecular flexibility index (Phi) is 3.87. The molecular formula is C14H13FN2O2. The number of aliphatic hydroxyl groups is 1. The highest BCUT2D eigenvalue weighted by molar-refractivity contribution is 6.04. The van der Waals surface area contributed by atoms with Crippen LogP contribution in [0.3, 0.4) is 0 Å². The zero-order valence-electron chi connectivity index (χ0n) is 10.3. The molecule has 1 aromatic heterocycles. The largest absolute Gasteiger partial charge is 0.389 e. The maximum Gasteiger partial charge on any atom is 0.258 e. The first-order valence-corrected chi connectivity index (χ1v) is 5.77. The van der Waals surface area contributed by atoms with Crippen molar-refractivity contribution < 1.29 is 14.3 Å². The van der Waals surface area contributed by atoms with E-state index in [2.05, 4.69) is 10.3 Å². The molecule has 0 bridgehead atoms. The van der Waals surface area contributed by atoms with Gasteiger partial charge < -0.3 is 10.4 Å². The lowest BCUT2D eigenvalue weighted by Gasteiger charge is -2.08. The zero-order chi connectivity index (χ0) is 13.8. The smallest absolute Gasteiger partial charge is 0.258 e. The van der Waals surface area contributed by atoms with Crippen molar-refractivity contribution in [1.82, 2.24) is 4.98 Å². The molecule has 1 atom stereocenters. The average molecular weight is 260 g/mol. The Hall–Kier alpha value is -2.27. The highest BCUT2D eigenvalue weighted by Crippen LogP contribution is 2.16. The van der Waals surface area contributed by atoms with Crippen LogP contribution in [0.15, 0.2) is 42.7 Å². The number of pyridine rings is 1. The summed E-state index contributed by atoms with van der Waals surface area (Å²) in [4.78, 5) is 15.4. The molecule has 0 radical (unpaired) electrons. The number of halogens is 1. The van der Waals surface area contributed by atoms with Gasteiger partial charge in [-0.3, -0.25) is 9.78 Å². The van der Waals surface area contributed by atoms with Gasteiger partial charge in [0.1, 0.15) is 0 Å². The number of nitrogens with one attached hydrogen (secondary N) is 1. The summed E-state index contributed by atoms with van der Waals surface area (Å²) >= 11 is 0. The quantitative estimate of drug-likeness (QED) is 0.891. The van der Waals surface area contributed by atoms with E-state index in [1.54, 1.807) is 31.2 Å². The number of hydrogen-bond donors (Lipinski definition) is 2. The van der Waals surface area contributed by atoms with Crippen LogP contribution < -0.4 is 5.32 Å². The molecule has 0 saturated carbocycles. The normalized spacial score (nSPS) is 11.9. The highest BCUT2D eigenvalue weighted by atomic mass is 19.1. The van der Waals surface area contributed by atoms with Crippen molar-refractivity contribution in [3.05, 3.63) is 59.7 Å². The van der Waals surface area contributed by atoms with Gasteiger partial charge in [-0.05, 0) is 30.7 Å². The van der Waals surface area contributed by atoms with Crippen LogP contribution in [0, 0.1) is 5.82 Å². The molecule has 0 fully saturated rings. The number of hydrogen-bond acceptors (Lipinski definition) is 3. The first-order chi connectivity index (χ1) is 9.08. The fourth-order valence-electron chi connectivity index (χ4n) is 1.60. The van der Waals surface area contributed by atoms with E-state index in [0.717, 1.165) is 11.8 Å². The minimum Gasteiger partial charge on any atom is -0.389 e. The van der Waals surface area contributed by atoms with E-state index in [9.17, 15) is 14.3 Å². The minimum atomic E-state index is -0.666. The van der Waals surface area contributed by atoms with Gasteiger partial charge >= 0.3 is 0 Å². The van der Waals surface area contributed by atoms with Crippen molar-refractivity contribution in [2.24, 2.45) is 0 Å². The summed E-state index contributed by atoms with van der Waals surface area (Å²) < 4.78 is 13.4. The molecule has 1 aromatic carbocycles. The van der Waals surface area contributed by atoms with Gasteiger partial charge in [-0.1, -0.05) is 12.1 Å². The van der Waals surface area contributed by atoms with Crippen molar-refractivity contribution in [2.75, 3.05) is 5.32 Å². The third-order valence-corrected chi connectivity index (χ3v) is 2.67. The van der Waals surface area contributed by atoms with Gasteiger partial charge in [0, 0.05) is 11.9 Å². The molecule has 2 rings (SSSR count). The van der Waals surface area contributed by atoms with E-state index >= 15 is 0 Å². The van der Waals surface area contributed by atoms with Crippen molar-refractivity contribution in [2.45, 2.75) is 13.0 Å². The lowest BCUT2D eigenvalue weighted by atomic mass is 10.1. The van der Waals surface area contributed by atoms with Gasteiger partial charge in [0.15, 0.2) is 5.82 Å². The number of amides is 1. The van der Waals surface area contributed by atoms with Crippen LogP contribution in [-0.2, 0) is 0 Å². The van der Waals surface area contributed by atoms with Gasteiger partial charge in [-0.15, -0.1) is 0 Å². The number of carbonyl (C=O) groups excluding carboxylic acids is 1. The number of benzene rings is 1. The molecule has 19 heavy (non-hydrogen) atoms. The van der Waals surface area contributed by atoms with E-state index < -0.39 is 17.8 Å². The summed E-state index contributed by atoms with van der Waals surface area (Å²) in [6.07, 6.45) is 1.78. The SMILES string of the molecule is CC(O)c1ccc(NC(=O)c2ccncc2F)cc1.